The van der Waals surface area contributed by atoms with Crippen LogP contribution in [0, 0.1) is 12.3 Å². The van der Waals surface area contributed by atoms with Gasteiger partial charge in [-0.1, -0.05) is 24.1 Å². The van der Waals surface area contributed by atoms with Crippen LogP contribution < -0.4 is 20.9 Å². The molecule has 12 nitrogen and oxygen atoms in total. The van der Waals surface area contributed by atoms with E-state index < -0.39 is 60.5 Å². The number of hydrogen-bond acceptors (Lipinski definition) is 10. The fourth-order valence-electron chi connectivity index (χ4n) is 3.46. The van der Waals surface area contributed by atoms with E-state index in [-0.39, 0.29) is 6.10 Å². The molecule has 3 rings (SSSR count). The number of hydrogen-bond donors (Lipinski definition) is 4. The highest BCUT2D eigenvalue weighted by Crippen LogP contribution is 2.47. The van der Waals surface area contributed by atoms with E-state index in [0.717, 1.165) is 16.8 Å². The van der Waals surface area contributed by atoms with E-state index in [1.165, 1.54) is 6.92 Å². The number of rotatable bonds is 10. The Labute approximate surface area is 217 Å². The van der Waals surface area contributed by atoms with Crippen molar-refractivity contribution in [2.45, 2.75) is 57.0 Å². The Morgan fingerprint density at radius 1 is 1.32 bits per heavy atom. The van der Waals surface area contributed by atoms with Gasteiger partial charge in [0.05, 0.1) is 12.7 Å². The monoisotopic (exact) mass is 553 g/mol. The summed E-state index contributed by atoms with van der Waals surface area (Å²) in [5, 5.41) is 24.6. The number of terminal acetylenes is 1. The maximum Gasteiger partial charge on any atom is 0.330 e. The fraction of sp³-hybridized carbons (Fsp3) is 0.435. The van der Waals surface area contributed by atoms with Crippen LogP contribution >= 0.6 is 6.64 Å². The molecule has 37 heavy (non-hydrogen) atoms. The number of aromatic amines is 1. The highest BCUT2D eigenvalue weighted by molar-refractivity contribution is 8.09. The number of benzene rings is 1. The average molecular weight is 554 g/mol. The summed E-state index contributed by atoms with van der Waals surface area (Å²) in [6.45, 7) is 1.000. The van der Waals surface area contributed by atoms with Crippen molar-refractivity contribution in [1.82, 2.24) is 14.6 Å². The molecule has 0 amide bonds. The molecular weight excluding hydrogens is 525 g/mol. The average Bonchev–Trinajstić information content (AvgIpc) is 3.08. The number of esters is 1. The molecule has 1 saturated heterocycles. The summed E-state index contributed by atoms with van der Waals surface area (Å²) in [7, 11) is 0. The maximum atomic E-state index is 12.4. The van der Waals surface area contributed by atoms with Crippen molar-refractivity contribution in [1.29, 1.82) is 0 Å². The molecule has 0 radical (unpaired) electrons. The van der Waals surface area contributed by atoms with E-state index in [9.17, 15) is 24.6 Å². The van der Waals surface area contributed by atoms with Gasteiger partial charge in [-0.2, -0.15) is 0 Å². The van der Waals surface area contributed by atoms with E-state index in [1.54, 1.807) is 44.2 Å². The molecule has 2 unspecified atom stereocenters. The third-order valence-electron chi connectivity index (χ3n) is 5.25. The first-order chi connectivity index (χ1) is 17.4. The smallest absolute Gasteiger partial charge is 0.330 e. The van der Waals surface area contributed by atoms with Crippen molar-refractivity contribution < 1.29 is 33.5 Å². The standard InChI is InChI=1S/C23H28N3O9PS/c1-5-23(31)19(28)17(34-21(23)26-12-11-18(27)24-22(26)30)13-32-36(37,35-16-9-7-6-8-10-16)25-15(4)20(29)33-14(2)3/h1,6-12,14-15,17,19,21,28,31H,13H2,2-4H3,(H,25,37)(H,24,27,30)/t15?,17-,19-,21-,23-,36?/m1/s1. The Bertz CT molecular complexity index is 1310. The van der Waals surface area contributed by atoms with E-state index >= 15 is 0 Å². The number of aromatic nitrogens is 2. The van der Waals surface area contributed by atoms with Crippen LogP contribution in [0.5, 0.6) is 5.75 Å². The summed E-state index contributed by atoms with van der Waals surface area (Å²) < 4.78 is 23.5. The minimum atomic E-state index is -3.49. The number of para-hydroxylation sites is 1. The highest BCUT2D eigenvalue weighted by atomic mass is 32.5. The van der Waals surface area contributed by atoms with Crippen LogP contribution in [0.2, 0.25) is 0 Å². The van der Waals surface area contributed by atoms with Crippen molar-refractivity contribution >= 4 is 24.4 Å². The van der Waals surface area contributed by atoms with Crippen molar-refractivity contribution in [3.8, 4) is 18.1 Å². The number of nitrogens with one attached hydrogen (secondary N) is 2. The largest absolute Gasteiger partial charge is 0.462 e. The summed E-state index contributed by atoms with van der Waals surface area (Å²) in [4.78, 5) is 38.1. The molecular formula is C23H28N3O9PS. The van der Waals surface area contributed by atoms with E-state index in [0.29, 0.717) is 5.75 Å². The first-order valence-corrected chi connectivity index (χ1v) is 13.8. The number of H-pyrrole nitrogens is 1. The molecule has 200 valence electrons. The summed E-state index contributed by atoms with van der Waals surface area (Å²) >= 11 is 5.62. The molecule has 6 atom stereocenters. The van der Waals surface area contributed by atoms with Gasteiger partial charge in [-0.3, -0.25) is 19.1 Å². The third kappa shape index (κ3) is 6.74. The topological polar surface area (TPSA) is 161 Å². The van der Waals surface area contributed by atoms with Gasteiger partial charge in [-0.25, -0.2) is 9.88 Å². The number of carbonyl (C=O) groups excluding carboxylic acids is 1. The van der Waals surface area contributed by atoms with Gasteiger partial charge in [-0.05, 0) is 44.7 Å². The molecule has 2 heterocycles. The lowest BCUT2D eigenvalue weighted by molar-refractivity contribution is -0.149. The zero-order valence-corrected chi connectivity index (χ0v) is 22.0. The van der Waals surface area contributed by atoms with Crippen molar-refractivity contribution in [2.75, 3.05) is 6.61 Å². The number of carbonyl (C=O) groups is 1. The SMILES string of the molecule is C#C[C@@]1(O)[C@H](O)[C@@H](COP(=S)(NC(C)C(=O)OC(C)C)Oc2ccccc2)O[C@H]1n1ccc(=O)[nH]c1=O. The summed E-state index contributed by atoms with van der Waals surface area (Å²) in [5.74, 6) is 1.83. The van der Waals surface area contributed by atoms with Crippen LogP contribution in [-0.2, 0) is 30.6 Å². The van der Waals surface area contributed by atoms with Crippen LogP contribution in [0.15, 0.2) is 52.2 Å². The third-order valence-corrected chi connectivity index (χ3v) is 7.75. The van der Waals surface area contributed by atoms with Gasteiger partial charge >= 0.3 is 18.3 Å². The minimum Gasteiger partial charge on any atom is -0.462 e. The fourth-order valence-corrected chi connectivity index (χ4v) is 5.87. The van der Waals surface area contributed by atoms with E-state index in [1.807, 2.05) is 4.98 Å². The molecule has 0 bridgehead atoms. The molecule has 14 heteroatoms. The lowest BCUT2D eigenvalue weighted by Crippen LogP contribution is -2.48. The van der Waals surface area contributed by atoms with Gasteiger partial charge in [0.25, 0.3) is 5.56 Å². The van der Waals surface area contributed by atoms with Crippen LogP contribution in [-0.4, -0.2) is 62.3 Å². The molecule has 0 spiro atoms. The zero-order valence-electron chi connectivity index (χ0n) is 20.3. The summed E-state index contributed by atoms with van der Waals surface area (Å²) in [6, 6.07) is 8.60. The number of aliphatic hydroxyl groups excluding tert-OH is 1. The normalized spacial score (nSPS) is 25.7. The van der Waals surface area contributed by atoms with Gasteiger partial charge in [0, 0.05) is 12.3 Å². The zero-order chi connectivity index (χ0) is 27.4. The predicted molar refractivity (Wildman–Crippen MR) is 136 cm³/mol. The molecule has 4 N–H and O–H groups in total. The highest BCUT2D eigenvalue weighted by Gasteiger charge is 2.56. The lowest BCUT2D eigenvalue weighted by atomic mass is 9.95. The van der Waals surface area contributed by atoms with Gasteiger partial charge < -0.3 is 28.7 Å². The molecule has 1 aromatic heterocycles. The number of aliphatic hydroxyl groups is 2. The van der Waals surface area contributed by atoms with Crippen LogP contribution in [0.3, 0.4) is 0 Å². The molecule has 1 aliphatic heterocycles. The first kappa shape index (κ1) is 28.7. The summed E-state index contributed by atoms with van der Waals surface area (Å²) in [5.41, 5.74) is -3.92. The molecule has 1 aromatic carbocycles. The van der Waals surface area contributed by atoms with Crippen LogP contribution in [0.1, 0.15) is 27.0 Å². The predicted octanol–water partition coefficient (Wildman–Crippen LogP) is 0.409. The minimum absolute atomic E-state index is 0.355. The van der Waals surface area contributed by atoms with Crippen molar-refractivity contribution in [3.05, 3.63) is 63.4 Å². The number of nitrogens with zero attached hydrogens (tertiary/aromatic N) is 1. The van der Waals surface area contributed by atoms with Crippen molar-refractivity contribution in [2.24, 2.45) is 0 Å². The molecule has 1 fully saturated rings. The lowest BCUT2D eigenvalue weighted by Gasteiger charge is -2.28. The summed E-state index contributed by atoms with van der Waals surface area (Å²) in [6.07, 6.45) is 1.66. The quantitative estimate of drug-likeness (QED) is 0.183. The maximum absolute atomic E-state index is 12.4. The second-order valence-electron chi connectivity index (χ2n) is 8.49. The van der Waals surface area contributed by atoms with Crippen LogP contribution in [0.4, 0.5) is 0 Å². The second kappa shape index (κ2) is 11.7. The molecule has 1 aliphatic rings. The molecule has 0 saturated carbocycles. The van der Waals surface area contributed by atoms with Gasteiger partial charge in [0.1, 0.15) is 24.0 Å². The number of ether oxygens (including phenoxy) is 2. The van der Waals surface area contributed by atoms with Gasteiger partial charge in [0.15, 0.2) is 11.8 Å². The Morgan fingerprint density at radius 3 is 2.59 bits per heavy atom. The van der Waals surface area contributed by atoms with Crippen molar-refractivity contribution in [3.63, 3.8) is 0 Å². The second-order valence-corrected chi connectivity index (χ2v) is 11.6. The Hall–Kier alpha value is -2.82. The van der Waals surface area contributed by atoms with Gasteiger partial charge in [-0.15, -0.1) is 6.42 Å². The Morgan fingerprint density at radius 2 is 2.00 bits per heavy atom. The molecule has 2 aromatic rings. The van der Waals surface area contributed by atoms with Crippen LogP contribution in [0.25, 0.3) is 0 Å². The van der Waals surface area contributed by atoms with Gasteiger partial charge in [0.2, 0.25) is 0 Å². The Balaban J connectivity index is 1.84. The molecule has 0 aliphatic carbocycles. The first-order valence-electron chi connectivity index (χ1n) is 11.2. The van der Waals surface area contributed by atoms with E-state index in [4.69, 9.17) is 36.8 Å². The van der Waals surface area contributed by atoms with E-state index in [2.05, 4.69) is 11.0 Å². The Kier molecular flexibility index (Phi) is 9.09.